The summed E-state index contributed by atoms with van der Waals surface area (Å²) in [6, 6.07) is 6.65. The predicted molar refractivity (Wildman–Crippen MR) is 150 cm³/mol. The quantitative estimate of drug-likeness (QED) is 0.201. The highest BCUT2D eigenvalue weighted by atomic mass is 35.5. The maximum Gasteiger partial charge on any atom is 0.417 e. The Bertz CT molecular complexity index is 1370. The zero-order chi connectivity index (χ0) is 29.9. The van der Waals surface area contributed by atoms with E-state index in [4.69, 9.17) is 21.6 Å². The Hall–Kier alpha value is -2.82. The zero-order valence-corrected chi connectivity index (χ0v) is 24.7. The SMILES string of the molecule is CSC(NC#N)Nc1cc(Cl)c(-c2ccc(S(=O)(=O)CC3CCCN3C(=O)OC(C)(C)C)cc2)c(C(F)(F)F)c1. The summed E-state index contributed by atoms with van der Waals surface area (Å²) >= 11 is 7.49. The fourth-order valence-corrected chi connectivity index (χ4v) is 6.67. The van der Waals surface area contributed by atoms with E-state index in [-0.39, 0.29) is 32.5 Å². The van der Waals surface area contributed by atoms with Crippen LogP contribution < -0.4 is 10.6 Å². The monoisotopic (exact) mass is 618 g/mol. The number of likely N-dealkylation sites (tertiary alicyclic amines) is 1. The van der Waals surface area contributed by atoms with E-state index >= 15 is 0 Å². The first-order valence-electron chi connectivity index (χ1n) is 12.2. The van der Waals surface area contributed by atoms with Crippen LogP contribution in [0.1, 0.15) is 39.2 Å². The van der Waals surface area contributed by atoms with Crippen LogP contribution in [0.3, 0.4) is 0 Å². The minimum absolute atomic E-state index is 0.0495. The Balaban J connectivity index is 1.88. The van der Waals surface area contributed by atoms with E-state index in [1.54, 1.807) is 33.2 Å². The number of ether oxygens (including phenoxy) is 1. The van der Waals surface area contributed by atoms with Crippen molar-refractivity contribution >= 4 is 45.0 Å². The second-order valence-corrected chi connectivity index (χ2v) is 13.6. The smallest absolute Gasteiger partial charge is 0.417 e. The summed E-state index contributed by atoms with van der Waals surface area (Å²) in [6.07, 6.45) is -0.839. The molecule has 1 amide bonds. The molecule has 2 N–H and O–H groups in total. The third kappa shape index (κ3) is 7.89. The number of amides is 1. The van der Waals surface area contributed by atoms with Crippen molar-refractivity contribution in [1.82, 2.24) is 10.2 Å². The van der Waals surface area contributed by atoms with Crippen LogP contribution in [0.15, 0.2) is 41.3 Å². The fourth-order valence-electron chi connectivity index (χ4n) is 4.32. The molecule has 0 spiro atoms. The van der Waals surface area contributed by atoms with E-state index in [0.29, 0.717) is 19.4 Å². The van der Waals surface area contributed by atoms with E-state index in [2.05, 4.69) is 10.6 Å². The molecule has 1 fully saturated rings. The number of benzene rings is 2. The molecule has 1 aliphatic rings. The first-order chi connectivity index (χ1) is 18.6. The number of hydrogen-bond acceptors (Lipinski definition) is 8. The minimum atomic E-state index is -4.77. The fraction of sp³-hybridized carbons (Fsp3) is 0.462. The van der Waals surface area contributed by atoms with Crippen LogP contribution in [-0.2, 0) is 20.8 Å². The van der Waals surface area contributed by atoms with Crippen molar-refractivity contribution in [3.8, 4) is 17.3 Å². The van der Waals surface area contributed by atoms with Crippen LogP contribution in [0, 0.1) is 11.5 Å². The number of hydrogen-bond donors (Lipinski definition) is 2. The average molecular weight is 619 g/mol. The van der Waals surface area contributed by atoms with E-state index in [1.807, 2.05) is 0 Å². The average Bonchev–Trinajstić information content (AvgIpc) is 3.29. The molecule has 1 saturated heterocycles. The van der Waals surface area contributed by atoms with Gasteiger partial charge in [-0.1, -0.05) is 23.7 Å². The highest BCUT2D eigenvalue weighted by Crippen LogP contribution is 2.43. The summed E-state index contributed by atoms with van der Waals surface area (Å²) in [5.41, 5.74) is -2.60. The number of rotatable bonds is 8. The Labute approximate surface area is 241 Å². The number of carbonyl (C=O) groups excluding carboxylic acids is 1. The molecule has 0 bridgehead atoms. The molecule has 0 radical (unpaired) electrons. The van der Waals surface area contributed by atoms with E-state index < -0.39 is 44.8 Å². The molecule has 1 aliphatic heterocycles. The largest absolute Gasteiger partial charge is 0.444 e. The Morgan fingerprint density at radius 3 is 2.45 bits per heavy atom. The van der Waals surface area contributed by atoms with Gasteiger partial charge in [0.15, 0.2) is 21.5 Å². The summed E-state index contributed by atoms with van der Waals surface area (Å²) < 4.78 is 74.0. The maximum atomic E-state index is 14.1. The summed E-state index contributed by atoms with van der Waals surface area (Å²) in [5, 5.41) is 13.8. The van der Waals surface area contributed by atoms with Gasteiger partial charge in [0.25, 0.3) is 0 Å². The highest BCUT2D eigenvalue weighted by Gasteiger charge is 2.37. The summed E-state index contributed by atoms with van der Waals surface area (Å²) in [5.74, 6) is -0.339. The lowest BCUT2D eigenvalue weighted by Crippen LogP contribution is -2.42. The summed E-state index contributed by atoms with van der Waals surface area (Å²) in [4.78, 5) is 13.9. The molecule has 3 rings (SSSR count). The van der Waals surface area contributed by atoms with Crippen LogP contribution in [-0.4, -0.2) is 55.1 Å². The molecule has 2 unspecified atom stereocenters. The third-order valence-electron chi connectivity index (χ3n) is 6.04. The number of anilines is 1. The summed E-state index contributed by atoms with van der Waals surface area (Å²) in [7, 11) is -3.88. The van der Waals surface area contributed by atoms with Gasteiger partial charge < -0.3 is 15.0 Å². The normalized spacial score (nSPS) is 16.8. The molecule has 218 valence electrons. The van der Waals surface area contributed by atoms with Gasteiger partial charge in [-0.15, -0.1) is 11.8 Å². The van der Waals surface area contributed by atoms with E-state index in [1.165, 1.54) is 47.0 Å². The van der Waals surface area contributed by atoms with Crippen molar-refractivity contribution in [1.29, 1.82) is 5.26 Å². The molecular formula is C26H30ClF3N4O4S2. The Morgan fingerprint density at radius 1 is 1.25 bits per heavy atom. The number of nitriles is 1. The van der Waals surface area contributed by atoms with Crippen LogP contribution in [0.25, 0.3) is 11.1 Å². The van der Waals surface area contributed by atoms with Gasteiger partial charge in [-0.2, -0.15) is 18.4 Å². The molecule has 8 nitrogen and oxygen atoms in total. The summed E-state index contributed by atoms with van der Waals surface area (Å²) in [6.45, 7) is 5.55. The molecule has 2 aromatic rings. The zero-order valence-electron chi connectivity index (χ0n) is 22.3. The van der Waals surface area contributed by atoms with Gasteiger partial charge in [0.1, 0.15) is 5.60 Å². The topological polar surface area (TPSA) is 112 Å². The van der Waals surface area contributed by atoms with Crippen molar-refractivity contribution in [3.05, 3.63) is 47.0 Å². The lowest BCUT2D eigenvalue weighted by atomic mass is 9.98. The maximum absolute atomic E-state index is 14.1. The van der Waals surface area contributed by atoms with Crippen LogP contribution in [0.2, 0.25) is 5.02 Å². The van der Waals surface area contributed by atoms with Gasteiger partial charge in [-0.25, -0.2) is 13.2 Å². The number of halogens is 4. The van der Waals surface area contributed by atoms with Gasteiger partial charge >= 0.3 is 12.3 Å². The first kappa shape index (κ1) is 31.7. The van der Waals surface area contributed by atoms with E-state index in [0.717, 1.165) is 6.07 Å². The first-order valence-corrected chi connectivity index (χ1v) is 15.5. The van der Waals surface area contributed by atoms with Gasteiger partial charge in [0.2, 0.25) is 0 Å². The van der Waals surface area contributed by atoms with Crippen molar-refractivity contribution in [2.75, 3.05) is 23.9 Å². The van der Waals surface area contributed by atoms with Gasteiger partial charge in [0, 0.05) is 23.8 Å². The number of carbonyl (C=O) groups is 1. The molecule has 0 aliphatic carbocycles. The van der Waals surface area contributed by atoms with Gasteiger partial charge in [-0.05, 0) is 69.7 Å². The van der Waals surface area contributed by atoms with E-state index in [9.17, 15) is 26.4 Å². The number of nitrogens with zero attached hydrogens (tertiary/aromatic N) is 2. The molecule has 0 aromatic heterocycles. The van der Waals surface area contributed by atoms with Crippen molar-refractivity contribution in [2.24, 2.45) is 0 Å². The second kappa shape index (κ2) is 12.4. The third-order valence-corrected chi connectivity index (χ3v) is 8.86. The number of sulfone groups is 1. The number of nitrogens with one attached hydrogen (secondary N) is 2. The van der Waals surface area contributed by atoms with Crippen molar-refractivity contribution in [3.63, 3.8) is 0 Å². The van der Waals surface area contributed by atoms with Crippen LogP contribution in [0.4, 0.5) is 23.7 Å². The van der Waals surface area contributed by atoms with Crippen molar-refractivity contribution < 1.29 is 31.1 Å². The lowest BCUT2D eigenvalue weighted by molar-refractivity contribution is -0.137. The van der Waals surface area contributed by atoms with Crippen LogP contribution >= 0.6 is 23.4 Å². The standard InChI is InChI=1S/C26H30ClF3N4O4S2/c1-25(2,3)38-24(35)34-11-5-6-18(34)14-40(36,37)19-9-7-16(8-10-19)22-20(26(28,29)30)12-17(13-21(22)27)33-23(39-4)32-15-31/h7-10,12-13,18,23,32-33H,5-6,11,14H2,1-4H3. The second-order valence-electron chi connectivity index (χ2n) is 10.2. The minimum Gasteiger partial charge on any atom is -0.444 e. The number of thioether (sulfide) groups is 1. The number of alkyl halides is 3. The highest BCUT2D eigenvalue weighted by molar-refractivity contribution is 7.99. The molecule has 40 heavy (non-hydrogen) atoms. The van der Waals surface area contributed by atoms with Crippen LogP contribution in [0.5, 0.6) is 0 Å². The molecule has 2 aromatic carbocycles. The Morgan fingerprint density at radius 2 is 1.90 bits per heavy atom. The molecule has 0 saturated carbocycles. The van der Waals surface area contributed by atoms with Gasteiger partial charge in [-0.3, -0.25) is 5.32 Å². The van der Waals surface area contributed by atoms with Gasteiger partial charge in [0.05, 0.1) is 21.2 Å². The predicted octanol–water partition coefficient (Wildman–Crippen LogP) is 6.33. The van der Waals surface area contributed by atoms with Crippen molar-refractivity contribution in [2.45, 2.75) is 61.8 Å². The molecular weight excluding hydrogens is 589 g/mol. The molecule has 2 atom stereocenters. The lowest BCUT2D eigenvalue weighted by Gasteiger charge is -2.28. The molecule has 1 heterocycles. The Kier molecular flexibility index (Phi) is 9.80. The molecule has 14 heteroatoms.